The molecule has 1 aliphatic rings. The third-order valence-electron chi connectivity index (χ3n) is 9.14. The van der Waals surface area contributed by atoms with Crippen LogP contribution in [0, 0.1) is 5.92 Å². The SMILES string of the molecule is CCC(C)C(N)C(=O)NC(C)C(=O)NC(CCCN=C(N)N)C(=O)NCC(=O)NC(CC(=O)O)C(=O)NC(CCSC)C(=O)N1CCCC1C(=O)NC(C)C(=O)O. The van der Waals surface area contributed by atoms with E-state index in [0.717, 1.165) is 0 Å². The maximum absolute atomic E-state index is 13.7. The number of aliphatic imine (C=N–C) groups is 1. The second-order valence-electron chi connectivity index (χ2n) is 13.7. The summed E-state index contributed by atoms with van der Waals surface area (Å²) in [5, 5.41) is 33.2. The first-order valence-corrected chi connectivity index (χ1v) is 20.0. The molecule has 8 atom stereocenters. The number of aliphatic carboxylic acids is 2. The van der Waals surface area contributed by atoms with Gasteiger partial charge >= 0.3 is 11.9 Å². The Morgan fingerprint density at radius 2 is 1.47 bits per heavy atom. The molecule has 0 saturated carbocycles. The Bertz CT molecular complexity index is 1480. The predicted molar refractivity (Wildman–Crippen MR) is 209 cm³/mol. The molecule has 1 rings (SSSR count). The molecule has 0 aromatic rings. The highest BCUT2D eigenvalue weighted by atomic mass is 32.2. The van der Waals surface area contributed by atoms with E-state index in [1.165, 1.54) is 30.5 Å². The van der Waals surface area contributed by atoms with Gasteiger partial charge in [0, 0.05) is 13.1 Å². The van der Waals surface area contributed by atoms with E-state index in [1.54, 1.807) is 13.2 Å². The van der Waals surface area contributed by atoms with Crippen LogP contribution in [0.5, 0.6) is 0 Å². The summed E-state index contributed by atoms with van der Waals surface area (Å²) in [7, 11) is 0. The van der Waals surface area contributed by atoms with E-state index in [4.69, 9.17) is 17.2 Å². The minimum Gasteiger partial charge on any atom is -0.481 e. The first-order chi connectivity index (χ1) is 26.7. The molecule has 22 nitrogen and oxygen atoms in total. The fourth-order valence-electron chi connectivity index (χ4n) is 5.52. The van der Waals surface area contributed by atoms with Crippen LogP contribution in [0.3, 0.4) is 0 Å². The zero-order chi connectivity index (χ0) is 43.4. The number of carbonyl (C=O) groups excluding carboxylic acids is 7. The van der Waals surface area contributed by atoms with E-state index in [-0.39, 0.29) is 50.7 Å². The predicted octanol–water partition coefficient (Wildman–Crippen LogP) is -3.70. The van der Waals surface area contributed by atoms with Crippen LogP contribution in [0.4, 0.5) is 0 Å². The van der Waals surface area contributed by atoms with Crippen LogP contribution >= 0.6 is 11.8 Å². The number of nitrogens with zero attached hydrogens (tertiary/aromatic N) is 2. The molecular formula is C34H59N11O11S. The summed E-state index contributed by atoms with van der Waals surface area (Å²) in [6.45, 7) is 5.80. The number of carboxylic acids is 2. The van der Waals surface area contributed by atoms with Crippen LogP contribution in [-0.2, 0) is 43.2 Å². The van der Waals surface area contributed by atoms with Crippen LogP contribution in [0.25, 0.3) is 0 Å². The molecule has 57 heavy (non-hydrogen) atoms. The Kier molecular flexibility index (Phi) is 22.0. The van der Waals surface area contributed by atoms with Crippen molar-refractivity contribution in [2.24, 2.45) is 28.1 Å². The monoisotopic (exact) mass is 829 g/mol. The minimum absolute atomic E-state index is 0.00332. The second-order valence-corrected chi connectivity index (χ2v) is 14.7. The lowest BCUT2D eigenvalue weighted by Gasteiger charge is -2.30. The molecular weight excluding hydrogens is 771 g/mol. The Morgan fingerprint density at radius 3 is 2.05 bits per heavy atom. The van der Waals surface area contributed by atoms with Crippen LogP contribution in [0.1, 0.15) is 72.6 Å². The fourth-order valence-corrected chi connectivity index (χ4v) is 5.99. The Hall–Kier alpha value is -5.19. The van der Waals surface area contributed by atoms with Gasteiger partial charge in [0.05, 0.1) is 19.0 Å². The van der Waals surface area contributed by atoms with Crippen molar-refractivity contribution in [1.29, 1.82) is 0 Å². The molecule has 0 bridgehead atoms. The number of thioether (sulfide) groups is 1. The molecule has 1 saturated heterocycles. The lowest BCUT2D eigenvalue weighted by Crippen LogP contribution is -2.58. The summed E-state index contributed by atoms with van der Waals surface area (Å²) >= 11 is 1.36. The zero-order valence-electron chi connectivity index (χ0n) is 33.0. The number of likely N-dealkylation sites (tertiary alicyclic amines) is 1. The second kappa shape index (κ2) is 25.1. The van der Waals surface area contributed by atoms with Crippen molar-refractivity contribution in [2.45, 2.75) is 115 Å². The summed E-state index contributed by atoms with van der Waals surface area (Å²) in [5.74, 6) is -8.17. The quantitative estimate of drug-likeness (QED) is 0.0240. The van der Waals surface area contributed by atoms with Crippen molar-refractivity contribution in [3.8, 4) is 0 Å². The number of guanidine groups is 1. The smallest absolute Gasteiger partial charge is 0.325 e. The standard InChI is InChI=1S/C34H59N11O11S/c1-6-17(2)26(35)31(53)40-18(3)27(49)43-20(9-7-12-38-34(36)37)28(50)39-16-24(46)42-22(15-25(47)48)29(51)44-21(11-14-57-5)32(54)45-13-8-10-23(45)30(52)41-19(4)33(55)56/h17-23,26H,6-16,35H2,1-5H3,(H,39,50)(H,40,53)(H,41,52)(H,42,46)(H,43,49)(H,44,51)(H,47,48)(H,55,56)(H4,36,37,38). The normalized spacial score (nSPS) is 17.2. The summed E-state index contributed by atoms with van der Waals surface area (Å²) in [6, 6.07) is -8.36. The largest absolute Gasteiger partial charge is 0.481 e. The van der Waals surface area contributed by atoms with Crippen molar-refractivity contribution in [3.05, 3.63) is 0 Å². The third kappa shape index (κ3) is 17.7. The Labute approximate surface area is 335 Å². The molecule has 1 heterocycles. The molecule has 322 valence electrons. The van der Waals surface area contributed by atoms with Gasteiger partial charge in [-0.3, -0.25) is 48.1 Å². The van der Waals surface area contributed by atoms with Gasteiger partial charge in [-0.1, -0.05) is 20.3 Å². The lowest BCUT2D eigenvalue weighted by atomic mass is 9.99. The van der Waals surface area contributed by atoms with Crippen molar-refractivity contribution >= 4 is 71.0 Å². The van der Waals surface area contributed by atoms with Crippen LogP contribution in [-0.4, -0.2) is 148 Å². The van der Waals surface area contributed by atoms with E-state index in [9.17, 15) is 53.4 Å². The van der Waals surface area contributed by atoms with Gasteiger partial charge in [0.25, 0.3) is 0 Å². The molecule has 0 radical (unpaired) electrons. The molecule has 14 N–H and O–H groups in total. The molecule has 0 aromatic heterocycles. The number of carboxylic acid groups (broad SMARTS) is 2. The van der Waals surface area contributed by atoms with Crippen molar-refractivity contribution in [3.63, 3.8) is 0 Å². The average molecular weight is 830 g/mol. The maximum Gasteiger partial charge on any atom is 0.325 e. The van der Waals surface area contributed by atoms with Crippen molar-refractivity contribution < 1.29 is 53.4 Å². The molecule has 0 aromatic carbocycles. The van der Waals surface area contributed by atoms with Gasteiger partial charge in [-0.2, -0.15) is 11.8 Å². The molecule has 23 heteroatoms. The molecule has 7 amide bonds. The summed E-state index contributed by atoms with van der Waals surface area (Å²) < 4.78 is 0. The highest BCUT2D eigenvalue weighted by molar-refractivity contribution is 7.98. The number of nitrogens with one attached hydrogen (secondary N) is 6. The first-order valence-electron chi connectivity index (χ1n) is 18.6. The summed E-state index contributed by atoms with van der Waals surface area (Å²) in [5.41, 5.74) is 16.7. The first kappa shape index (κ1) is 49.8. The van der Waals surface area contributed by atoms with E-state index in [1.807, 2.05) is 6.92 Å². The Balaban J connectivity index is 3.07. The third-order valence-corrected chi connectivity index (χ3v) is 9.78. The van der Waals surface area contributed by atoms with Gasteiger partial charge < -0.3 is 64.2 Å². The zero-order valence-corrected chi connectivity index (χ0v) is 33.8. The van der Waals surface area contributed by atoms with E-state index in [2.05, 4.69) is 36.9 Å². The molecule has 1 fully saturated rings. The number of hydrogen-bond acceptors (Lipinski definition) is 12. The minimum atomic E-state index is -1.70. The van der Waals surface area contributed by atoms with Crippen LogP contribution < -0.4 is 49.1 Å². The molecule has 0 aliphatic carbocycles. The Morgan fingerprint density at radius 1 is 0.825 bits per heavy atom. The molecule has 8 unspecified atom stereocenters. The highest BCUT2D eigenvalue weighted by Crippen LogP contribution is 2.20. The highest BCUT2D eigenvalue weighted by Gasteiger charge is 2.39. The maximum atomic E-state index is 13.7. The molecule has 0 spiro atoms. The van der Waals surface area contributed by atoms with Gasteiger partial charge in [-0.15, -0.1) is 0 Å². The van der Waals surface area contributed by atoms with E-state index < -0.39 is 109 Å². The number of hydrogen-bond donors (Lipinski definition) is 11. The lowest BCUT2D eigenvalue weighted by molar-refractivity contribution is -0.144. The van der Waals surface area contributed by atoms with Gasteiger partial charge in [0.1, 0.15) is 36.3 Å². The number of carbonyl (C=O) groups is 9. The molecule has 1 aliphatic heterocycles. The number of rotatable bonds is 25. The van der Waals surface area contributed by atoms with Crippen LogP contribution in [0.2, 0.25) is 0 Å². The fraction of sp³-hybridized carbons (Fsp3) is 0.706. The van der Waals surface area contributed by atoms with Crippen molar-refractivity contribution in [1.82, 2.24) is 36.8 Å². The van der Waals surface area contributed by atoms with Crippen LogP contribution in [0.15, 0.2) is 4.99 Å². The summed E-state index contributed by atoms with van der Waals surface area (Å²) in [4.78, 5) is 120. The average Bonchev–Trinajstić information content (AvgIpc) is 3.65. The van der Waals surface area contributed by atoms with Gasteiger partial charge in [-0.05, 0) is 63.9 Å². The van der Waals surface area contributed by atoms with Gasteiger partial charge in [-0.25, -0.2) is 0 Å². The van der Waals surface area contributed by atoms with E-state index in [0.29, 0.717) is 18.6 Å². The van der Waals surface area contributed by atoms with E-state index >= 15 is 0 Å². The summed E-state index contributed by atoms with van der Waals surface area (Å²) in [6.07, 6.45) is 2.45. The topological polar surface area (TPSA) is 360 Å². The van der Waals surface area contributed by atoms with Gasteiger partial charge in [0.2, 0.25) is 41.4 Å². The van der Waals surface area contributed by atoms with Crippen molar-refractivity contribution in [2.75, 3.05) is 31.6 Å². The number of amides is 7. The number of nitrogens with two attached hydrogens (primary N) is 3. The van der Waals surface area contributed by atoms with Gasteiger partial charge in [0.15, 0.2) is 5.96 Å².